The maximum absolute atomic E-state index is 11.4. The van der Waals surface area contributed by atoms with Gasteiger partial charge in [0.15, 0.2) is 0 Å². The molecule has 116 valence electrons. The fourth-order valence-electron chi connectivity index (χ4n) is 2.58. The van der Waals surface area contributed by atoms with Gasteiger partial charge in [-0.3, -0.25) is 10.1 Å². The molecular formula is C18H22N2O2. The highest BCUT2D eigenvalue weighted by atomic mass is 16.6. The third-order valence-electron chi connectivity index (χ3n) is 3.88. The van der Waals surface area contributed by atoms with Crippen molar-refractivity contribution in [1.29, 1.82) is 0 Å². The van der Waals surface area contributed by atoms with Crippen LogP contribution in [0.2, 0.25) is 0 Å². The van der Waals surface area contributed by atoms with Crippen molar-refractivity contribution < 1.29 is 4.92 Å². The maximum atomic E-state index is 11.4. The summed E-state index contributed by atoms with van der Waals surface area (Å²) in [5.41, 5.74) is 3.24. The fourth-order valence-corrected chi connectivity index (χ4v) is 2.58. The van der Waals surface area contributed by atoms with Crippen molar-refractivity contribution in [3.05, 3.63) is 81.4 Å². The van der Waals surface area contributed by atoms with E-state index in [1.807, 2.05) is 68.4 Å². The summed E-state index contributed by atoms with van der Waals surface area (Å²) in [7, 11) is 0. The number of nitro groups is 1. The first-order valence-electron chi connectivity index (χ1n) is 7.59. The first-order chi connectivity index (χ1) is 10.6. The van der Waals surface area contributed by atoms with E-state index in [4.69, 9.17) is 0 Å². The quantitative estimate of drug-likeness (QED) is 0.623. The second-order valence-electron chi connectivity index (χ2n) is 5.52. The lowest BCUT2D eigenvalue weighted by molar-refractivity contribution is -0.528. The van der Waals surface area contributed by atoms with Gasteiger partial charge in [-0.05, 0) is 18.1 Å². The molecule has 1 N–H and O–H groups in total. The minimum Gasteiger partial charge on any atom is -0.300 e. The Labute approximate surface area is 131 Å². The van der Waals surface area contributed by atoms with E-state index < -0.39 is 6.04 Å². The molecule has 0 aliphatic heterocycles. The Hall–Kier alpha value is -2.20. The average molecular weight is 298 g/mol. The van der Waals surface area contributed by atoms with Gasteiger partial charge >= 0.3 is 0 Å². The van der Waals surface area contributed by atoms with Gasteiger partial charge in [-0.15, -0.1) is 0 Å². The van der Waals surface area contributed by atoms with Gasteiger partial charge < -0.3 is 5.32 Å². The summed E-state index contributed by atoms with van der Waals surface area (Å²) in [5, 5.41) is 14.8. The van der Waals surface area contributed by atoms with E-state index in [0.717, 1.165) is 16.7 Å². The molecule has 0 saturated carbocycles. The smallest absolute Gasteiger partial charge is 0.232 e. The molecule has 0 spiro atoms. The molecule has 2 unspecified atom stereocenters. The van der Waals surface area contributed by atoms with E-state index in [-0.39, 0.29) is 11.0 Å². The van der Waals surface area contributed by atoms with Gasteiger partial charge in [0, 0.05) is 17.9 Å². The minimum atomic E-state index is -0.633. The lowest BCUT2D eigenvalue weighted by Crippen LogP contribution is -2.36. The highest BCUT2D eigenvalue weighted by molar-refractivity contribution is 5.25. The van der Waals surface area contributed by atoms with Gasteiger partial charge in [0.1, 0.15) is 6.04 Å². The zero-order chi connectivity index (χ0) is 15.9. The Bertz CT molecular complexity index is 596. The SMILES string of the molecule is CCC(C(NCc1ccccc1)c1ccc(C)cc1)[N+](=O)[O-]. The van der Waals surface area contributed by atoms with E-state index in [1.54, 1.807) is 0 Å². The van der Waals surface area contributed by atoms with E-state index in [9.17, 15) is 10.1 Å². The molecule has 0 aromatic heterocycles. The van der Waals surface area contributed by atoms with Crippen LogP contribution in [0.5, 0.6) is 0 Å². The van der Waals surface area contributed by atoms with Crippen LogP contribution in [0, 0.1) is 17.0 Å². The number of rotatable bonds is 7. The molecule has 2 rings (SSSR count). The molecule has 0 aliphatic carbocycles. The fraction of sp³-hybridized carbons (Fsp3) is 0.333. The molecule has 0 aliphatic rings. The lowest BCUT2D eigenvalue weighted by Gasteiger charge is -2.22. The Kier molecular flexibility index (Phi) is 5.67. The summed E-state index contributed by atoms with van der Waals surface area (Å²) in [5.74, 6) is 0. The molecule has 0 fully saturated rings. The van der Waals surface area contributed by atoms with Crippen molar-refractivity contribution in [2.24, 2.45) is 0 Å². The Morgan fingerprint density at radius 3 is 2.27 bits per heavy atom. The van der Waals surface area contributed by atoms with Crippen LogP contribution in [0.25, 0.3) is 0 Å². The second-order valence-corrected chi connectivity index (χ2v) is 5.52. The summed E-state index contributed by atoms with van der Waals surface area (Å²) in [6.45, 7) is 4.49. The molecule has 2 aromatic rings. The largest absolute Gasteiger partial charge is 0.300 e. The standard InChI is InChI=1S/C18H22N2O2/c1-3-17(20(21)22)18(16-11-9-14(2)10-12-16)19-13-15-7-5-4-6-8-15/h4-12,17-19H,3,13H2,1-2H3. The van der Waals surface area contributed by atoms with Crippen molar-refractivity contribution >= 4 is 0 Å². The lowest BCUT2D eigenvalue weighted by atomic mass is 9.96. The van der Waals surface area contributed by atoms with Gasteiger partial charge in [-0.25, -0.2) is 0 Å². The normalized spacial score (nSPS) is 13.5. The number of benzene rings is 2. The number of hydrogen-bond acceptors (Lipinski definition) is 3. The number of hydrogen-bond donors (Lipinski definition) is 1. The summed E-state index contributed by atoms with van der Waals surface area (Å²) in [6, 6.07) is 17.0. The zero-order valence-electron chi connectivity index (χ0n) is 13.0. The van der Waals surface area contributed by atoms with Crippen LogP contribution in [-0.2, 0) is 6.54 Å². The number of aryl methyl sites for hydroxylation is 1. The van der Waals surface area contributed by atoms with Crippen LogP contribution < -0.4 is 5.32 Å². The van der Waals surface area contributed by atoms with Gasteiger partial charge in [-0.1, -0.05) is 67.1 Å². The van der Waals surface area contributed by atoms with E-state index >= 15 is 0 Å². The molecular weight excluding hydrogens is 276 g/mol. The first-order valence-corrected chi connectivity index (χ1v) is 7.59. The summed E-state index contributed by atoms with van der Waals surface area (Å²) in [4.78, 5) is 11.2. The van der Waals surface area contributed by atoms with Gasteiger partial charge in [0.25, 0.3) is 0 Å². The molecule has 4 nitrogen and oxygen atoms in total. The van der Waals surface area contributed by atoms with Crippen molar-refractivity contribution in [2.75, 3.05) is 0 Å². The van der Waals surface area contributed by atoms with Gasteiger partial charge in [-0.2, -0.15) is 0 Å². The van der Waals surface area contributed by atoms with Crippen LogP contribution >= 0.6 is 0 Å². The predicted molar refractivity (Wildman–Crippen MR) is 88.3 cm³/mol. The number of nitrogens with one attached hydrogen (secondary N) is 1. The minimum absolute atomic E-state index is 0.178. The van der Waals surface area contributed by atoms with Gasteiger partial charge in [0.05, 0.1) is 0 Å². The number of nitrogens with zero attached hydrogens (tertiary/aromatic N) is 1. The van der Waals surface area contributed by atoms with Crippen molar-refractivity contribution in [1.82, 2.24) is 5.32 Å². The second kappa shape index (κ2) is 7.71. The summed E-state index contributed by atoms with van der Waals surface area (Å²) >= 11 is 0. The molecule has 4 heteroatoms. The summed E-state index contributed by atoms with van der Waals surface area (Å²) in [6.07, 6.45) is 0.493. The van der Waals surface area contributed by atoms with Crippen LogP contribution in [0.1, 0.15) is 36.1 Å². The maximum Gasteiger partial charge on any atom is 0.232 e. The highest BCUT2D eigenvalue weighted by Crippen LogP contribution is 2.22. The Morgan fingerprint density at radius 2 is 1.73 bits per heavy atom. The predicted octanol–water partition coefficient (Wildman–Crippen LogP) is 3.88. The topological polar surface area (TPSA) is 55.2 Å². The molecule has 2 aromatic carbocycles. The van der Waals surface area contributed by atoms with Crippen LogP contribution in [0.15, 0.2) is 54.6 Å². The zero-order valence-corrected chi connectivity index (χ0v) is 13.0. The van der Waals surface area contributed by atoms with E-state index in [0.29, 0.717) is 13.0 Å². The average Bonchev–Trinajstić information content (AvgIpc) is 2.53. The molecule has 0 bridgehead atoms. The van der Waals surface area contributed by atoms with Gasteiger partial charge in [0.2, 0.25) is 6.04 Å². The molecule has 0 amide bonds. The van der Waals surface area contributed by atoms with E-state index in [1.165, 1.54) is 0 Å². The van der Waals surface area contributed by atoms with Crippen LogP contribution in [0.4, 0.5) is 0 Å². The van der Waals surface area contributed by atoms with Crippen LogP contribution in [0.3, 0.4) is 0 Å². The molecule has 22 heavy (non-hydrogen) atoms. The molecule has 0 heterocycles. The molecule has 2 atom stereocenters. The molecule has 0 saturated heterocycles. The van der Waals surface area contributed by atoms with Crippen molar-refractivity contribution in [3.63, 3.8) is 0 Å². The first kappa shape index (κ1) is 16.2. The third-order valence-corrected chi connectivity index (χ3v) is 3.88. The Morgan fingerprint density at radius 1 is 1.09 bits per heavy atom. The Balaban J connectivity index is 2.21. The monoisotopic (exact) mass is 298 g/mol. The van der Waals surface area contributed by atoms with Crippen molar-refractivity contribution in [3.8, 4) is 0 Å². The van der Waals surface area contributed by atoms with E-state index in [2.05, 4.69) is 5.32 Å². The summed E-state index contributed by atoms with van der Waals surface area (Å²) < 4.78 is 0. The third kappa shape index (κ3) is 4.15. The highest BCUT2D eigenvalue weighted by Gasteiger charge is 2.30. The van der Waals surface area contributed by atoms with Crippen LogP contribution in [-0.4, -0.2) is 11.0 Å². The molecule has 0 radical (unpaired) electrons. The van der Waals surface area contributed by atoms with Crippen molar-refractivity contribution in [2.45, 2.75) is 38.9 Å².